The lowest BCUT2D eigenvalue weighted by Gasteiger charge is -2.00. The average Bonchev–Trinajstić information content (AvgIpc) is 3.06. The number of halogens is 3. The highest BCUT2D eigenvalue weighted by atomic mass is 32.2. The summed E-state index contributed by atoms with van der Waals surface area (Å²) in [5.41, 5.74) is 0.624. The largest absolute Gasteiger partial charge is 0.477 e. The van der Waals surface area contributed by atoms with Gasteiger partial charge in [0.1, 0.15) is 10.7 Å². The van der Waals surface area contributed by atoms with Crippen LogP contribution in [-0.2, 0) is 4.79 Å². The van der Waals surface area contributed by atoms with Crippen molar-refractivity contribution in [2.24, 2.45) is 0 Å². The summed E-state index contributed by atoms with van der Waals surface area (Å²) < 4.78 is 44.5. The monoisotopic (exact) mass is 378 g/mol. The first-order valence-electron chi connectivity index (χ1n) is 7.10. The first-order chi connectivity index (χ1) is 12.4. The number of carbonyl (C=O) groups is 1. The van der Waals surface area contributed by atoms with Gasteiger partial charge in [0.05, 0.1) is 0 Å². The van der Waals surface area contributed by atoms with Crippen LogP contribution >= 0.6 is 11.8 Å². The highest BCUT2D eigenvalue weighted by Crippen LogP contribution is 2.30. The smallest absolute Gasteiger partial charge is 0.342 e. The van der Waals surface area contributed by atoms with E-state index in [0.29, 0.717) is 17.3 Å². The van der Waals surface area contributed by atoms with Gasteiger partial charge in [-0.2, -0.15) is 0 Å². The van der Waals surface area contributed by atoms with Gasteiger partial charge in [0.15, 0.2) is 11.6 Å². The van der Waals surface area contributed by atoms with Crippen LogP contribution in [0.3, 0.4) is 0 Å². The van der Waals surface area contributed by atoms with E-state index in [4.69, 9.17) is 4.42 Å². The summed E-state index contributed by atoms with van der Waals surface area (Å²) in [4.78, 5) is 11.2. The second-order valence-electron chi connectivity index (χ2n) is 4.97. The summed E-state index contributed by atoms with van der Waals surface area (Å²) in [6.45, 7) is 0. The Hall–Kier alpha value is -3.07. The number of aromatic nitrogens is 2. The first-order valence-corrected chi connectivity index (χ1v) is 7.91. The number of aliphatic carboxylic acids is 1. The molecule has 9 heteroatoms. The van der Waals surface area contributed by atoms with Gasteiger partial charge < -0.3 is 9.52 Å². The van der Waals surface area contributed by atoms with Crippen LogP contribution in [-0.4, -0.2) is 21.3 Å². The number of rotatable bonds is 5. The van der Waals surface area contributed by atoms with Crippen molar-refractivity contribution in [2.75, 3.05) is 0 Å². The van der Waals surface area contributed by atoms with Gasteiger partial charge in [0, 0.05) is 5.56 Å². The van der Waals surface area contributed by atoms with Gasteiger partial charge in [-0.15, -0.1) is 10.2 Å². The van der Waals surface area contributed by atoms with Crippen molar-refractivity contribution in [3.63, 3.8) is 0 Å². The minimum atomic E-state index is -1.30. The van der Waals surface area contributed by atoms with Crippen LogP contribution in [0.25, 0.3) is 17.5 Å². The Balaban J connectivity index is 1.84. The molecular formula is C17H9F3N2O3S. The van der Waals surface area contributed by atoms with E-state index in [2.05, 4.69) is 10.2 Å². The summed E-state index contributed by atoms with van der Waals surface area (Å²) >= 11 is 0.651. The molecule has 0 aliphatic carbocycles. The summed E-state index contributed by atoms with van der Waals surface area (Å²) in [5.74, 6) is -3.77. The predicted molar refractivity (Wildman–Crippen MR) is 87.5 cm³/mol. The molecule has 132 valence electrons. The molecule has 1 aromatic heterocycles. The third kappa shape index (κ3) is 4.12. The van der Waals surface area contributed by atoms with E-state index < -0.39 is 23.4 Å². The van der Waals surface area contributed by atoms with Crippen LogP contribution in [0.4, 0.5) is 13.2 Å². The van der Waals surface area contributed by atoms with Crippen LogP contribution < -0.4 is 0 Å². The Morgan fingerprint density at radius 1 is 1.04 bits per heavy atom. The van der Waals surface area contributed by atoms with Crippen molar-refractivity contribution in [1.82, 2.24) is 10.2 Å². The van der Waals surface area contributed by atoms with E-state index in [-0.39, 0.29) is 21.6 Å². The van der Waals surface area contributed by atoms with E-state index in [1.165, 1.54) is 30.3 Å². The normalized spacial score (nSPS) is 11.6. The number of hydrogen-bond acceptors (Lipinski definition) is 5. The molecule has 3 rings (SSSR count). The van der Waals surface area contributed by atoms with E-state index in [1.807, 2.05) is 0 Å². The van der Waals surface area contributed by atoms with Crippen molar-refractivity contribution in [2.45, 2.75) is 5.22 Å². The summed E-state index contributed by atoms with van der Waals surface area (Å²) in [6, 6.07) is 8.32. The zero-order chi connectivity index (χ0) is 18.7. The fourth-order valence-corrected chi connectivity index (χ4v) is 2.62. The summed E-state index contributed by atoms with van der Waals surface area (Å²) in [5, 5.41) is 16.7. The van der Waals surface area contributed by atoms with Crippen LogP contribution in [0, 0.1) is 17.5 Å². The third-order valence-electron chi connectivity index (χ3n) is 3.15. The highest BCUT2D eigenvalue weighted by Gasteiger charge is 2.16. The van der Waals surface area contributed by atoms with Gasteiger partial charge in [0.2, 0.25) is 5.89 Å². The van der Waals surface area contributed by atoms with Crippen LogP contribution in [0.15, 0.2) is 57.0 Å². The summed E-state index contributed by atoms with van der Waals surface area (Å²) in [6.07, 6.45) is 1.15. The molecule has 0 spiro atoms. The van der Waals surface area contributed by atoms with E-state index >= 15 is 0 Å². The number of carboxylic acid groups (broad SMARTS) is 1. The molecule has 0 aliphatic heterocycles. The lowest BCUT2D eigenvalue weighted by Crippen LogP contribution is -1.97. The maximum Gasteiger partial charge on any atom is 0.342 e. The lowest BCUT2D eigenvalue weighted by atomic mass is 10.2. The Morgan fingerprint density at radius 2 is 1.77 bits per heavy atom. The van der Waals surface area contributed by atoms with Crippen molar-refractivity contribution >= 4 is 23.8 Å². The molecule has 0 bridgehead atoms. The van der Waals surface area contributed by atoms with Crippen LogP contribution in [0.5, 0.6) is 0 Å². The number of thioether (sulfide) groups is 1. The Bertz CT molecular complexity index is 987. The Morgan fingerprint density at radius 3 is 2.42 bits per heavy atom. The Labute approximate surface area is 149 Å². The molecule has 0 amide bonds. The van der Waals surface area contributed by atoms with Crippen molar-refractivity contribution in [3.8, 4) is 11.5 Å². The molecule has 5 nitrogen and oxygen atoms in total. The molecule has 0 fully saturated rings. The second-order valence-corrected chi connectivity index (χ2v) is 5.96. The van der Waals surface area contributed by atoms with E-state index in [9.17, 15) is 23.1 Å². The molecule has 26 heavy (non-hydrogen) atoms. The molecule has 0 saturated carbocycles. The number of benzene rings is 2. The van der Waals surface area contributed by atoms with E-state index in [1.54, 1.807) is 0 Å². The summed E-state index contributed by atoms with van der Waals surface area (Å²) in [7, 11) is 0. The molecule has 0 unspecified atom stereocenters. The quantitative estimate of drug-likeness (QED) is 0.525. The van der Waals surface area contributed by atoms with Gasteiger partial charge >= 0.3 is 5.97 Å². The highest BCUT2D eigenvalue weighted by molar-refractivity contribution is 8.03. The van der Waals surface area contributed by atoms with Gasteiger partial charge in [-0.3, -0.25) is 0 Å². The topological polar surface area (TPSA) is 76.2 Å². The fourth-order valence-electron chi connectivity index (χ4n) is 1.94. The zero-order valence-corrected chi connectivity index (χ0v) is 13.6. The molecule has 1 N–H and O–H groups in total. The minimum absolute atomic E-state index is 0.0689. The second kappa shape index (κ2) is 7.44. The standard InChI is InChI=1S/C17H9F3N2O3S/c18-11-4-2-10(3-5-11)15-21-22-17(25-15)26-14(16(23)24)8-9-1-6-12(19)13(20)7-9/h1-8H,(H,23,24)/b14-8+. The molecule has 3 aromatic rings. The van der Waals surface area contributed by atoms with Crippen molar-refractivity contribution < 1.29 is 27.5 Å². The molecule has 0 saturated heterocycles. The van der Waals surface area contributed by atoms with Gasteiger partial charge in [-0.05, 0) is 59.8 Å². The van der Waals surface area contributed by atoms with Gasteiger partial charge in [-0.25, -0.2) is 18.0 Å². The maximum atomic E-state index is 13.3. The SMILES string of the molecule is O=C(O)/C(=C\c1ccc(F)c(F)c1)Sc1nnc(-c2ccc(F)cc2)o1. The zero-order valence-electron chi connectivity index (χ0n) is 12.8. The van der Waals surface area contributed by atoms with Gasteiger partial charge in [-0.1, -0.05) is 6.07 Å². The Kier molecular flexibility index (Phi) is 5.08. The van der Waals surface area contributed by atoms with Crippen molar-refractivity contribution in [1.29, 1.82) is 0 Å². The van der Waals surface area contributed by atoms with Gasteiger partial charge in [0.25, 0.3) is 5.22 Å². The third-order valence-corrected chi connectivity index (χ3v) is 4.00. The molecular weight excluding hydrogens is 369 g/mol. The molecule has 0 atom stereocenters. The molecule has 2 aromatic carbocycles. The molecule has 1 heterocycles. The minimum Gasteiger partial charge on any atom is -0.477 e. The fraction of sp³-hybridized carbons (Fsp3) is 0. The molecule has 0 aliphatic rings. The predicted octanol–water partition coefficient (Wildman–Crippen LogP) is 4.37. The average molecular weight is 378 g/mol. The lowest BCUT2D eigenvalue weighted by molar-refractivity contribution is -0.131. The first kappa shape index (κ1) is 17.7. The number of carboxylic acids is 1. The number of nitrogens with zero attached hydrogens (tertiary/aromatic N) is 2. The van der Waals surface area contributed by atoms with Crippen LogP contribution in [0.2, 0.25) is 0 Å². The van der Waals surface area contributed by atoms with Crippen LogP contribution in [0.1, 0.15) is 5.56 Å². The molecule has 0 radical (unpaired) electrons. The maximum absolute atomic E-state index is 13.3. The van der Waals surface area contributed by atoms with Crippen molar-refractivity contribution in [3.05, 3.63) is 70.4 Å². The number of hydrogen-bond donors (Lipinski definition) is 1. The van der Waals surface area contributed by atoms with E-state index in [0.717, 1.165) is 18.2 Å².